The lowest BCUT2D eigenvalue weighted by Gasteiger charge is -2.12. The van der Waals surface area contributed by atoms with Crippen molar-refractivity contribution < 1.29 is 24.2 Å². The predicted octanol–water partition coefficient (Wildman–Crippen LogP) is 3.08. The Kier molecular flexibility index (Phi) is 7.33. The van der Waals surface area contributed by atoms with E-state index in [2.05, 4.69) is 4.99 Å². The number of benzene rings is 1. The number of likely N-dealkylation sites (N-methyl/N-ethyl adjacent to an activating group) is 1. The lowest BCUT2D eigenvalue weighted by atomic mass is 10.2. The number of hydrogen-bond donors (Lipinski definition) is 1. The van der Waals surface area contributed by atoms with Gasteiger partial charge in [-0.25, -0.2) is 4.79 Å². The standard InChI is InChI=1S/C17H19IN2O5S/c1-4-19-17-20(5-2)16(23)13(26-17)8-10-6-11(18)15(12(7-10)24-3)25-9-14(21)22/h6-8H,4-5,9H2,1-3H3,(H,21,22)/b13-8-,19-17?. The van der Waals surface area contributed by atoms with Crippen LogP contribution >= 0.6 is 34.4 Å². The number of amidine groups is 1. The molecule has 1 aliphatic heterocycles. The van der Waals surface area contributed by atoms with Crippen LogP contribution in [0.25, 0.3) is 6.08 Å². The molecule has 140 valence electrons. The van der Waals surface area contributed by atoms with Gasteiger partial charge >= 0.3 is 5.97 Å². The fourth-order valence-corrected chi connectivity index (χ4v) is 4.17. The van der Waals surface area contributed by atoms with Crippen LogP contribution in [-0.2, 0) is 9.59 Å². The number of nitrogens with zero attached hydrogens (tertiary/aromatic N) is 2. The molecule has 7 nitrogen and oxygen atoms in total. The minimum atomic E-state index is -1.07. The highest BCUT2D eigenvalue weighted by atomic mass is 127. The number of thioether (sulfide) groups is 1. The first-order chi connectivity index (χ1) is 12.4. The molecule has 1 fully saturated rings. The average molecular weight is 490 g/mol. The Hall–Kier alpha value is -1.75. The third kappa shape index (κ3) is 4.70. The zero-order chi connectivity index (χ0) is 19.3. The first kappa shape index (κ1) is 20.6. The number of amides is 1. The van der Waals surface area contributed by atoms with E-state index in [1.165, 1.54) is 18.9 Å². The van der Waals surface area contributed by atoms with E-state index in [0.29, 0.717) is 38.2 Å². The number of carboxylic acids is 1. The van der Waals surface area contributed by atoms with Gasteiger partial charge in [0.15, 0.2) is 23.3 Å². The largest absolute Gasteiger partial charge is 0.493 e. The molecule has 0 aromatic heterocycles. The number of rotatable bonds is 7. The number of aliphatic imine (C=N–C) groups is 1. The highest BCUT2D eigenvalue weighted by Crippen LogP contribution is 2.37. The van der Waals surface area contributed by atoms with Crippen molar-refractivity contribution in [1.82, 2.24) is 4.90 Å². The average Bonchev–Trinajstić information content (AvgIpc) is 2.88. The summed E-state index contributed by atoms with van der Waals surface area (Å²) < 4.78 is 11.3. The predicted molar refractivity (Wildman–Crippen MR) is 110 cm³/mol. The molecule has 1 aromatic rings. The van der Waals surface area contributed by atoms with Gasteiger partial charge in [-0.15, -0.1) is 0 Å². The van der Waals surface area contributed by atoms with E-state index in [-0.39, 0.29) is 5.91 Å². The fourth-order valence-electron chi connectivity index (χ4n) is 2.29. The highest BCUT2D eigenvalue weighted by Gasteiger charge is 2.31. The van der Waals surface area contributed by atoms with E-state index < -0.39 is 12.6 Å². The molecule has 1 heterocycles. The van der Waals surface area contributed by atoms with Crippen molar-refractivity contribution in [3.63, 3.8) is 0 Å². The van der Waals surface area contributed by atoms with Gasteiger partial charge < -0.3 is 14.6 Å². The first-order valence-corrected chi connectivity index (χ1v) is 9.78. The summed E-state index contributed by atoms with van der Waals surface area (Å²) in [4.78, 5) is 29.9. The second-order valence-electron chi connectivity index (χ2n) is 5.13. The van der Waals surface area contributed by atoms with Crippen LogP contribution in [0.5, 0.6) is 11.5 Å². The monoisotopic (exact) mass is 490 g/mol. The van der Waals surface area contributed by atoms with Gasteiger partial charge in [0.1, 0.15) is 0 Å². The third-order valence-electron chi connectivity index (χ3n) is 3.39. The summed E-state index contributed by atoms with van der Waals surface area (Å²) in [5, 5.41) is 9.49. The minimum absolute atomic E-state index is 0.0788. The molecule has 1 amide bonds. The first-order valence-electron chi connectivity index (χ1n) is 7.89. The van der Waals surface area contributed by atoms with E-state index in [4.69, 9.17) is 14.6 Å². The van der Waals surface area contributed by atoms with Crippen LogP contribution in [0, 0.1) is 3.57 Å². The Morgan fingerprint density at radius 3 is 2.73 bits per heavy atom. The van der Waals surface area contributed by atoms with Gasteiger partial charge in [0, 0.05) is 13.1 Å². The molecule has 2 rings (SSSR count). The molecule has 0 atom stereocenters. The van der Waals surface area contributed by atoms with Crippen molar-refractivity contribution in [2.24, 2.45) is 4.99 Å². The summed E-state index contributed by atoms with van der Waals surface area (Å²) in [6, 6.07) is 3.53. The fraction of sp³-hybridized carbons (Fsp3) is 0.353. The van der Waals surface area contributed by atoms with Gasteiger partial charge in [0.2, 0.25) is 0 Å². The highest BCUT2D eigenvalue weighted by molar-refractivity contribution is 14.1. The molecule has 0 unspecified atom stereocenters. The third-order valence-corrected chi connectivity index (χ3v) is 5.23. The molecule has 1 aromatic carbocycles. The maximum Gasteiger partial charge on any atom is 0.341 e. The van der Waals surface area contributed by atoms with E-state index >= 15 is 0 Å². The van der Waals surface area contributed by atoms with Gasteiger partial charge in [-0.1, -0.05) is 0 Å². The second kappa shape index (κ2) is 9.26. The number of methoxy groups -OCH3 is 1. The number of ether oxygens (including phenoxy) is 2. The van der Waals surface area contributed by atoms with Gasteiger partial charge in [0.05, 0.1) is 15.6 Å². The summed E-state index contributed by atoms with van der Waals surface area (Å²) in [6.07, 6.45) is 1.78. The lowest BCUT2D eigenvalue weighted by molar-refractivity contribution is -0.139. The molecule has 26 heavy (non-hydrogen) atoms. The van der Waals surface area contributed by atoms with Gasteiger partial charge in [-0.05, 0) is 72.0 Å². The van der Waals surface area contributed by atoms with Crippen LogP contribution in [0.3, 0.4) is 0 Å². The zero-order valence-electron chi connectivity index (χ0n) is 14.6. The molecule has 1 N–H and O–H groups in total. The molecule has 1 aliphatic rings. The number of carboxylic acid groups (broad SMARTS) is 1. The van der Waals surface area contributed by atoms with Crippen LogP contribution in [0.4, 0.5) is 0 Å². The van der Waals surface area contributed by atoms with Crippen molar-refractivity contribution in [1.29, 1.82) is 0 Å². The molecular formula is C17H19IN2O5S. The summed E-state index contributed by atoms with van der Waals surface area (Å²) >= 11 is 3.39. The molecule has 9 heteroatoms. The van der Waals surface area contributed by atoms with Gasteiger partial charge in [-0.2, -0.15) is 0 Å². The van der Waals surface area contributed by atoms with Crippen LogP contribution in [0.2, 0.25) is 0 Å². The zero-order valence-corrected chi connectivity index (χ0v) is 17.6. The number of aliphatic carboxylic acids is 1. The Morgan fingerprint density at radius 2 is 2.15 bits per heavy atom. The molecule has 0 spiro atoms. The van der Waals surface area contributed by atoms with Gasteiger partial charge in [0.25, 0.3) is 5.91 Å². The SMILES string of the molecule is CCN=C1S/C(=C\c2cc(I)c(OCC(=O)O)c(OC)c2)C(=O)N1CC. The quantitative estimate of drug-likeness (QED) is 0.467. The summed E-state index contributed by atoms with van der Waals surface area (Å²) in [5.41, 5.74) is 0.763. The summed E-state index contributed by atoms with van der Waals surface area (Å²) in [5.74, 6) is -0.365. The number of carbonyl (C=O) groups is 2. The second-order valence-corrected chi connectivity index (χ2v) is 7.30. The molecule has 0 bridgehead atoms. The Balaban J connectivity index is 2.36. The summed E-state index contributed by atoms with van der Waals surface area (Å²) in [6.45, 7) is 4.55. The lowest BCUT2D eigenvalue weighted by Crippen LogP contribution is -2.28. The van der Waals surface area contributed by atoms with E-state index in [0.717, 1.165) is 5.56 Å². The van der Waals surface area contributed by atoms with E-state index in [1.54, 1.807) is 17.0 Å². The van der Waals surface area contributed by atoms with Crippen LogP contribution in [-0.4, -0.2) is 53.9 Å². The smallest absolute Gasteiger partial charge is 0.341 e. The number of halogens is 1. The number of hydrogen-bond acceptors (Lipinski definition) is 6. The number of carbonyl (C=O) groups excluding carboxylic acids is 1. The maximum absolute atomic E-state index is 12.5. The van der Waals surface area contributed by atoms with E-state index in [1.807, 2.05) is 42.5 Å². The van der Waals surface area contributed by atoms with Crippen molar-refractivity contribution in [3.05, 3.63) is 26.2 Å². The van der Waals surface area contributed by atoms with Gasteiger partial charge in [-0.3, -0.25) is 14.7 Å². The maximum atomic E-state index is 12.5. The van der Waals surface area contributed by atoms with Crippen LogP contribution in [0.1, 0.15) is 19.4 Å². The Bertz CT molecular complexity index is 779. The molecule has 0 radical (unpaired) electrons. The van der Waals surface area contributed by atoms with Crippen LogP contribution < -0.4 is 9.47 Å². The molecule has 0 saturated carbocycles. The minimum Gasteiger partial charge on any atom is -0.493 e. The molecule has 0 aliphatic carbocycles. The van der Waals surface area contributed by atoms with Crippen molar-refractivity contribution in [2.45, 2.75) is 13.8 Å². The van der Waals surface area contributed by atoms with Crippen molar-refractivity contribution in [3.8, 4) is 11.5 Å². The van der Waals surface area contributed by atoms with Crippen molar-refractivity contribution >= 4 is 57.5 Å². The molecular weight excluding hydrogens is 471 g/mol. The Labute approximate surface area is 169 Å². The van der Waals surface area contributed by atoms with Crippen LogP contribution in [0.15, 0.2) is 22.0 Å². The van der Waals surface area contributed by atoms with E-state index in [9.17, 15) is 9.59 Å². The Morgan fingerprint density at radius 1 is 1.42 bits per heavy atom. The normalized spacial score (nSPS) is 17.2. The van der Waals surface area contributed by atoms with Crippen molar-refractivity contribution in [2.75, 3.05) is 26.8 Å². The molecule has 1 saturated heterocycles. The topological polar surface area (TPSA) is 88.4 Å². The summed E-state index contributed by atoms with van der Waals surface area (Å²) in [7, 11) is 1.48.